The van der Waals surface area contributed by atoms with Crippen LogP contribution in [0.4, 0.5) is 0 Å². The van der Waals surface area contributed by atoms with Gasteiger partial charge in [-0.2, -0.15) is 0 Å². The van der Waals surface area contributed by atoms with Crippen LogP contribution in [-0.4, -0.2) is 71.3 Å². The van der Waals surface area contributed by atoms with E-state index in [2.05, 4.69) is 0 Å². The van der Waals surface area contributed by atoms with Gasteiger partial charge in [-0.15, -0.1) is 0 Å². The van der Waals surface area contributed by atoms with Gasteiger partial charge in [-0.1, -0.05) is 208 Å². The van der Waals surface area contributed by atoms with Gasteiger partial charge in [-0.25, -0.2) is 0 Å². The predicted octanol–water partition coefficient (Wildman–Crippen LogP) is -1.24. The molecule has 0 aliphatic heterocycles. The normalized spacial score (nSPS) is 9.79. The largest absolute Gasteiger partial charge is 3.00 e. The van der Waals surface area contributed by atoms with Crippen LogP contribution in [0.15, 0.2) is 0 Å². The van der Waals surface area contributed by atoms with E-state index in [1.807, 2.05) is 0 Å². The summed E-state index contributed by atoms with van der Waals surface area (Å²) in [7, 11) is 0. The van der Waals surface area contributed by atoms with Crippen molar-refractivity contribution >= 4 is 71.3 Å². The number of carbonyl (C=O) groups is 12. The van der Waals surface area contributed by atoms with Gasteiger partial charge in [0.05, 0.1) is 0 Å². The molecule has 0 aromatic heterocycles. The summed E-state index contributed by atoms with van der Waals surface area (Å²) in [5, 5.41) is 99.1. The van der Waals surface area contributed by atoms with Crippen LogP contribution in [0.1, 0.15) is 235 Å². The summed E-state index contributed by atoms with van der Waals surface area (Å²) >= 11 is 0. The number of carboxylic acids is 10. The number of aliphatic carboxylic acids is 10. The van der Waals surface area contributed by atoms with E-state index >= 15 is 0 Å². The van der Waals surface area contributed by atoms with Gasteiger partial charge in [0, 0.05) is 114 Å². The minimum Gasteiger partial charge on any atom is -2.00 e. The van der Waals surface area contributed by atoms with Crippen LogP contribution in [0.3, 0.4) is 0 Å². The molecular weight excluding hydrogens is 1400 g/mol. The van der Waals surface area contributed by atoms with Crippen molar-refractivity contribution in [2.75, 3.05) is 0 Å². The molecule has 0 spiro atoms. The summed E-state index contributed by atoms with van der Waals surface area (Å²) in [5.74, 6) is -9.74. The van der Waals surface area contributed by atoms with Crippen LogP contribution in [0.5, 0.6) is 0 Å². The topological polar surface area (TPSA) is 492 Å². The van der Waals surface area contributed by atoms with E-state index < -0.39 is 114 Å². The van der Waals surface area contributed by atoms with E-state index in [4.69, 9.17) is 0 Å². The molecule has 0 N–H and O–H groups in total. The van der Waals surface area contributed by atoms with E-state index in [1.54, 1.807) is 208 Å². The van der Waals surface area contributed by atoms with Gasteiger partial charge in [-0.05, 0) is 27.7 Å². The molecule has 0 aromatic rings. The quantitative estimate of drug-likeness (QED) is 0.274. The van der Waals surface area contributed by atoms with Gasteiger partial charge >= 0.3 is 102 Å². The van der Waals surface area contributed by atoms with Crippen molar-refractivity contribution in [3.8, 4) is 0 Å². The third-order valence-corrected chi connectivity index (χ3v) is 6.12. The Morgan fingerprint density at radius 2 is 0.198 bits per heavy atom. The molecule has 2 radical (unpaired) electrons. The smallest absolute Gasteiger partial charge is 2.00 e. The Balaban J connectivity index is -0.0000000305. The minimum atomic E-state index is -1.01. The first kappa shape index (κ1) is 141. The predicted molar refractivity (Wildman–Crippen MR) is 279 cm³/mol. The van der Waals surface area contributed by atoms with Crippen molar-refractivity contribution in [1.29, 1.82) is 0 Å². The van der Waals surface area contributed by atoms with Crippen molar-refractivity contribution in [1.82, 2.24) is 0 Å². The minimum absolute atomic E-state index is 0. The molecule has 24 nitrogen and oxygen atoms in total. The molecule has 0 bridgehead atoms. The first-order valence-corrected chi connectivity index (χ1v) is 24.0. The molecule has 0 aliphatic carbocycles. The Hall–Kier alpha value is -2.95. The van der Waals surface area contributed by atoms with Crippen LogP contribution in [0.2, 0.25) is 0 Å². The molecule has 518 valence electrons. The van der Waals surface area contributed by atoms with Crippen molar-refractivity contribution in [2.24, 2.45) is 54.1 Å². The number of carboxylic acid groups (broad SMARTS) is 10. The number of hydrogen-bond acceptors (Lipinski definition) is 22. The average molecular weight is 1500 g/mol. The van der Waals surface area contributed by atoms with Crippen LogP contribution in [-0.2, 0) is 170 Å². The monoisotopic (exact) mass is 1500 g/mol. The fourth-order valence-corrected chi connectivity index (χ4v) is 0. The molecule has 0 unspecified atom stereocenters. The average Bonchev–Trinajstić information content (AvgIpc) is 3.09. The first-order chi connectivity index (χ1) is 32.9. The number of rotatable bonds is 0. The maximum atomic E-state index is 9.91. The van der Waals surface area contributed by atoms with Gasteiger partial charge in [0.2, 0.25) is 0 Å². The van der Waals surface area contributed by atoms with Gasteiger partial charge in [0.25, 0.3) is 0 Å². The van der Waals surface area contributed by atoms with E-state index in [1.165, 1.54) is 27.7 Å². The Morgan fingerprint density at radius 3 is 0.198 bits per heavy atom. The molecule has 86 heavy (non-hydrogen) atoms. The number of Topliss-reactive ketones (excluding diaryl/α,β-unsaturated/α-hetero) is 2. The fourth-order valence-electron chi connectivity index (χ4n) is 0. The zero-order chi connectivity index (χ0) is 67.9. The van der Waals surface area contributed by atoms with Crippen LogP contribution >= 0.6 is 0 Å². The Labute approximate surface area is 578 Å². The number of ketones is 2. The molecule has 0 fully saturated rings. The summed E-state index contributed by atoms with van der Waals surface area (Å²) in [4.78, 5) is 118. The first-order valence-electron chi connectivity index (χ1n) is 24.0. The van der Waals surface area contributed by atoms with Crippen molar-refractivity contribution in [3.05, 3.63) is 0 Å². The van der Waals surface area contributed by atoms with Gasteiger partial charge in [0.15, 0.2) is 0 Å². The van der Waals surface area contributed by atoms with E-state index in [-0.39, 0.29) is 124 Å². The maximum absolute atomic E-state index is 9.91. The standard InChI is InChI=1S/10C5H10O2.2C3H6O.4Co.2Cr.2O/c10*1-5(2,3)4(6)7;2*1-3(2)4;;;;;;;;/h10*1-3H3,(H,6,7);2*1-2H3;;;;;;;;/q;;;;;;;;;;;;2*+2;2*+3;2*+2;2*-2/p-10. The molecule has 0 atom stereocenters. The molecular formula is C56H102Co4Cr2O24. The van der Waals surface area contributed by atoms with E-state index in [0.717, 1.165) is 0 Å². The molecule has 30 heteroatoms. The van der Waals surface area contributed by atoms with Crippen molar-refractivity contribution in [2.45, 2.75) is 235 Å². The molecule has 0 amide bonds. The molecule has 0 saturated heterocycles. The summed E-state index contributed by atoms with van der Waals surface area (Å²) in [6.07, 6.45) is 0. The van der Waals surface area contributed by atoms with Gasteiger partial charge in [0.1, 0.15) is 11.6 Å². The molecule has 0 rings (SSSR count). The zero-order valence-corrected chi connectivity index (χ0v) is 63.7. The molecule has 0 aliphatic rings. The van der Waals surface area contributed by atoms with Gasteiger partial charge in [-0.3, -0.25) is 0 Å². The van der Waals surface area contributed by atoms with E-state index in [0.29, 0.717) is 0 Å². The summed E-state index contributed by atoms with van der Waals surface area (Å²) < 4.78 is 0. The van der Waals surface area contributed by atoms with Crippen LogP contribution in [0, 0.1) is 54.1 Å². The second-order valence-electron chi connectivity index (χ2n) is 27.2. The second-order valence-corrected chi connectivity index (χ2v) is 27.2. The van der Waals surface area contributed by atoms with Gasteiger partial charge < -0.3 is 120 Å². The summed E-state index contributed by atoms with van der Waals surface area (Å²) in [6, 6.07) is 0. The Bertz CT molecular complexity index is 1410. The fraction of sp³-hybridized carbons (Fsp3) is 0.786. The maximum Gasteiger partial charge on any atom is 3.00 e. The molecule has 0 heterocycles. The Kier molecular flexibility index (Phi) is 102. The summed E-state index contributed by atoms with van der Waals surface area (Å²) in [6.45, 7) is 54.1. The van der Waals surface area contributed by atoms with Crippen LogP contribution in [0.25, 0.3) is 0 Å². The molecule has 0 saturated carbocycles. The van der Waals surface area contributed by atoms with Crippen LogP contribution < -0.4 is 51.1 Å². The number of carbonyl (C=O) groups excluding carboxylic acids is 12. The van der Waals surface area contributed by atoms with E-state index in [9.17, 15) is 109 Å². The zero-order valence-electron chi connectivity index (χ0n) is 56.9. The number of hydrogen-bond donors (Lipinski definition) is 0. The third kappa shape index (κ3) is 160. The Morgan fingerprint density at radius 1 is 0.186 bits per heavy atom. The third-order valence-electron chi connectivity index (χ3n) is 6.12. The van der Waals surface area contributed by atoms with Crippen molar-refractivity contribution in [3.63, 3.8) is 0 Å². The SMILES string of the molecule is CC(C)(C)C(=O)[O-].CC(C)(C)C(=O)[O-].CC(C)(C)C(=O)[O-].CC(C)(C)C(=O)[O-].CC(C)(C)C(=O)[O-].CC(C)(C)C(=O)[O-].CC(C)(C)C(=O)[O-].CC(C)(C)C(=O)[O-].CC(C)(C)C(=O)[O-].CC(C)(C)C(=O)[O-].CC(C)=O.CC(C)=O.[Co+2].[Co+2].[Co+3].[Co+3].[Cr+2].[Cr+2].[O-2].[O-2]. The molecule has 0 aromatic carbocycles. The second kappa shape index (κ2) is 62.3. The van der Waals surface area contributed by atoms with Crippen molar-refractivity contribution < 1.29 is 221 Å². The summed E-state index contributed by atoms with van der Waals surface area (Å²) in [5.41, 5.74) is -6.94.